The number of nitrogens with zero attached hydrogens (tertiary/aromatic N) is 1. The SMILES string of the molecule is CCOc1ccc(NC(=O)CN(c2cc(Cl)cc(Cl)c2)S(C)(=O)=O)cc1. The molecule has 2 rings (SSSR count). The van der Waals surface area contributed by atoms with Crippen molar-refractivity contribution in [1.82, 2.24) is 0 Å². The number of nitrogens with one attached hydrogen (secondary N) is 1. The predicted octanol–water partition coefficient (Wildman–Crippen LogP) is 3.80. The topological polar surface area (TPSA) is 75.7 Å². The second-order valence-electron chi connectivity index (χ2n) is 5.40. The van der Waals surface area contributed by atoms with Gasteiger partial charge < -0.3 is 10.1 Å². The Morgan fingerprint density at radius 1 is 1.12 bits per heavy atom. The Balaban J connectivity index is 2.16. The highest BCUT2D eigenvalue weighted by molar-refractivity contribution is 7.92. The Morgan fingerprint density at radius 3 is 2.19 bits per heavy atom. The molecule has 0 saturated carbocycles. The van der Waals surface area contributed by atoms with Crippen molar-refractivity contribution in [2.45, 2.75) is 6.92 Å². The Labute approximate surface area is 162 Å². The molecule has 0 fully saturated rings. The van der Waals surface area contributed by atoms with Gasteiger partial charge in [-0.25, -0.2) is 8.42 Å². The molecule has 0 spiro atoms. The van der Waals surface area contributed by atoms with Gasteiger partial charge in [0.25, 0.3) is 0 Å². The predicted molar refractivity (Wildman–Crippen MR) is 105 cm³/mol. The van der Waals surface area contributed by atoms with E-state index in [4.69, 9.17) is 27.9 Å². The Bertz CT molecular complexity index is 866. The van der Waals surface area contributed by atoms with E-state index >= 15 is 0 Å². The first-order valence-electron chi connectivity index (χ1n) is 7.65. The van der Waals surface area contributed by atoms with Crippen molar-refractivity contribution in [1.29, 1.82) is 0 Å². The minimum absolute atomic E-state index is 0.215. The molecular weight excluding hydrogens is 399 g/mol. The third-order valence-electron chi connectivity index (χ3n) is 3.27. The third kappa shape index (κ3) is 5.79. The van der Waals surface area contributed by atoms with Crippen molar-refractivity contribution >= 4 is 50.5 Å². The minimum atomic E-state index is -3.72. The maximum atomic E-state index is 12.3. The summed E-state index contributed by atoms with van der Waals surface area (Å²) in [5.74, 6) is 0.174. The second-order valence-corrected chi connectivity index (χ2v) is 8.18. The van der Waals surface area contributed by atoms with Gasteiger partial charge in [0.1, 0.15) is 12.3 Å². The molecule has 2 aromatic carbocycles. The van der Waals surface area contributed by atoms with Gasteiger partial charge in [0.15, 0.2) is 0 Å². The van der Waals surface area contributed by atoms with E-state index in [1.807, 2.05) is 6.92 Å². The first kappa shape index (κ1) is 20.4. The molecule has 6 nitrogen and oxygen atoms in total. The Hall–Kier alpha value is -1.96. The number of hydrogen-bond donors (Lipinski definition) is 1. The van der Waals surface area contributed by atoms with E-state index in [9.17, 15) is 13.2 Å². The van der Waals surface area contributed by atoms with Crippen LogP contribution in [0, 0.1) is 0 Å². The van der Waals surface area contributed by atoms with Crippen molar-refractivity contribution in [3.63, 3.8) is 0 Å². The number of halogens is 2. The van der Waals surface area contributed by atoms with Crippen molar-refractivity contribution in [2.75, 3.05) is 29.0 Å². The van der Waals surface area contributed by atoms with E-state index in [1.54, 1.807) is 24.3 Å². The molecule has 0 atom stereocenters. The monoisotopic (exact) mass is 416 g/mol. The van der Waals surface area contributed by atoms with Crippen LogP contribution in [0.2, 0.25) is 10.0 Å². The lowest BCUT2D eigenvalue weighted by Gasteiger charge is -2.22. The van der Waals surface area contributed by atoms with Crippen LogP contribution in [0.5, 0.6) is 5.75 Å². The number of ether oxygens (including phenoxy) is 1. The van der Waals surface area contributed by atoms with Gasteiger partial charge in [0.2, 0.25) is 15.9 Å². The first-order chi connectivity index (χ1) is 12.2. The molecule has 0 aromatic heterocycles. The van der Waals surface area contributed by atoms with Gasteiger partial charge >= 0.3 is 0 Å². The summed E-state index contributed by atoms with van der Waals surface area (Å²) in [5.41, 5.74) is 0.739. The van der Waals surface area contributed by atoms with E-state index in [0.717, 1.165) is 10.6 Å². The summed E-state index contributed by atoms with van der Waals surface area (Å²) in [6.45, 7) is 2.00. The maximum Gasteiger partial charge on any atom is 0.245 e. The number of amides is 1. The van der Waals surface area contributed by atoms with Crippen LogP contribution in [0.15, 0.2) is 42.5 Å². The van der Waals surface area contributed by atoms with Gasteiger partial charge in [0, 0.05) is 15.7 Å². The van der Waals surface area contributed by atoms with Crippen LogP contribution >= 0.6 is 23.2 Å². The van der Waals surface area contributed by atoms with E-state index in [0.29, 0.717) is 18.0 Å². The fourth-order valence-electron chi connectivity index (χ4n) is 2.22. The molecular formula is C17H18Cl2N2O4S. The third-order valence-corrected chi connectivity index (χ3v) is 4.85. The Kier molecular flexibility index (Phi) is 6.75. The number of benzene rings is 2. The molecule has 2 aromatic rings. The second kappa shape index (κ2) is 8.62. The van der Waals surface area contributed by atoms with Crippen molar-refractivity contribution in [3.05, 3.63) is 52.5 Å². The molecule has 0 saturated heterocycles. The molecule has 9 heteroatoms. The molecule has 1 N–H and O–H groups in total. The number of sulfonamides is 1. The number of carbonyl (C=O) groups excluding carboxylic acids is 1. The summed E-state index contributed by atoms with van der Waals surface area (Å²) in [6, 6.07) is 11.1. The molecule has 26 heavy (non-hydrogen) atoms. The quantitative estimate of drug-likeness (QED) is 0.744. The standard InChI is InChI=1S/C17H18Cl2N2O4S/c1-3-25-16-6-4-14(5-7-16)20-17(22)11-21(26(2,23)24)15-9-12(18)8-13(19)10-15/h4-10H,3,11H2,1-2H3,(H,20,22). The summed E-state index contributed by atoms with van der Waals surface area (Å²) in [4.78, 5) is 12.3. The van der Waals surface area contributed by atoms with E-state index in [1.165, 1.54) is 18.2 Å². The zero-order valence-electron chi connectivity index (χ0n) is 14.2. The lowest BCUT2D eigenvalue weighted by molar-refractivity contribution is -0.114. The highest BCUT2D eigenvalue weighted by atomic mass is 35.5. The van der Waals surface area contributed by atoms with Crippen LogP contribution in [-0.4, -0.2) is 33.7 Å². The van der Waals surface area contributed by atoms with Gasteiger partial charge in [-0.15, -0.1) is 0 Å². The van der Waals surface area contributed by atoms with Crippen LogP contribution in [0.3, 0.4) is 0 Å². The lowest BCUT2D eigenvalue weighted by atomic mass is 10.3. The fourth-order valence-corrected chi connectivity index (χ4v) is 3.57. The van der Waals surface area contributed by atoms with Gasteiger partial charge in [-0.05, 0) is 49.4 Å². The molecule has 0 aliphatic rings. The van der Waals surface area contributed by atoms with Gasteiger partial charge in [-0.1, -0.05) is 23.2 Å². The smallest absolute Gasteiger partial charge is 0.245 e. The lowest BCUT2D eigenvalue weighted by Crippen LogP contribution is -2.37. The van der Waals surface area contributed by atoms with Crippen molar-refractivity contribution in [3.8, 4) is 5.75 Å². The zero-order valence-corrected chi connectivity index (χ0v) is 16.5. The molecule has 0 radical (unpaired) electrons. The minimum Gasteiger partial charge on any atom is -0.494 e. The largest absolute Gasteiger partial charge is 0.494 e. The van der Waals surface area contributed by atoms with E-state index in [-0.39, 0.29) is 15.7 Å². The number of carbonyl (C=O) groups is 1. The van der Waals surface area contributed by atoms with Gasteiger partial charge in [-0.2, -0.15) is 0 Å². The Morgan fingerprint density at radius 2 is 1.69 bits per heavy atom. The molecule has 0 aliphatic carbocycles. The van der Waals surface area contributed by atoms with Crippen molar-refractivity contribution in [2.24, 2.45) is 0 Å². The number of hydrogen-bond acceptors (Lipinski definition) is 4. The van der Waals surface area contributed by atoms with Gasteiger partial charge in [-0.3, -0.25) is 9.10 Å². The average Bonchev–Trinajstić information content (AvgIpc) is 2.53. The molecule has 140 valence electrons. The molecule has 0 unspecified atom stereocenters. The van der Waals surface area contributed by atoms with Crippen LogP contribution in [-0.2, 0) is 14.8 Å². The van der Waals surface area contributed by atoms with Crippen LogP contribution in [0.25, 0.3) is 0 Å². The number of anilines is 2. The molecule has 0 heterocycles. The van der Waals surface area contributed by atoms with E-state index < -0.39 is 22.5 Å². The summed E-state index contributed by atoms with van der Waals surface area (Å²) < 4.78 is 30.5. The summed E-state index contributed by atoms with van der Waals surface area (Å²) in [6.07, 6.45) is 1.01. The molecule has 0 bridgehead atoms. The van der Waals surface area contributed by atoms with Crippen LogP contribution < -0.4 is 14.4 Å². The van der Waals surface area contributed by atoms with Crippen LogP contribution in [0.4, 0.5) is 11.4 Å². The first-order valence-corrected chi connectivity index (χ1v) is 10.3. The van der Waals surface area contributed by atoms with Gasteiger partial charge in [0.05, 0.1) is 18.6 Å². The highest BCUT2D eigenvalue weighted by Gasteiger charge is 2.21. The highest BCUT2D eigenvalue weighted by Crippen LogP contribution is 2.27. The average molecular weight is 417 g/mol. The molecule has 0 aliphatic heterocycles. The zero-order chi connectivity index (χ0) is 19.3. The molecule has 1 amide bonds. The number of rotatable bonds is 7. The van der Waals surface area contributed by atoms with Crippen LogP contribution in [0.1, 0.15) is 6.92 Å². The maximum absolute atomic E-state index is 12.3. The summed E-state index contributed by atoms with van der Waals surface area (Å²) in [7, 11) is -3.72. The normalized spacial score (nSPS) is 11.1. The van der Waals surface area contributed by atoms with E-state index in [2.05, 4.69) is 5.32 Å². The summed E-state index contributed by atoms with van der Waals surface area (Å²) >= 11 is 11.9. The fraction of sp³-hybridized carbons (Fsp3) is 0.235. The summed E-state index contributed by atoms with van der Waals surface area (Å²) in [5, 5.41) is 3.19. The van der Waals surface area contributed by atoms with Crippen molar-refractivity contribution < 1.29 is 17.9 Å².